The summed E-state index contributed by atoms with van der Waals surface area (Å²) in [4.78, 5) is 25.5. The van der Waals surface area contributed by atoms with Gasteiger partial charge in [-0.25, -0.2) is 0 Å². The van der Waals surface area contributed by atoms with Crippen LogP contribution in [-0.2, 0) is 24.1 Å². The second kappa shape index (κ2) is 8.78. The first-order valence-electron chi connectivity index (χ1n) is 10.1. The zero-order valence-electron chi connectivity index (χ0n) is 16.0. The van der Waals surface area contributed by atoms with E-state index in [0.717, 1.165) is 43.2 Å². The standard InChI is InChI=1S/C22H26N2O3S/c25-21(24-16-7-8-16)13-27-17-9-5-15(6-10-17)11-12-23-22(26)19-14-28-20-4-2-1-3-18(19)20/h5-6,9-10,14,16H,1-4,7-8,11-13H2,(H,23,26)(H,24,25). The highest BCUT2D eigenvalue weighted by atomic mass is 32.1. The van der Waals surface area contributed by atoms with Crippen molar-refractivity contribution in [3.05, 3.63) is 51.2 Å². The summed E-state index contributed by atoms with van der Waals surface area (Å²) in [6.45, 7) is 0.657. The van der Waals surface area contributed by atoms with Crippen LogP contribution in [0.5, 0.6) is 5.75 Å². The van der Waals surface area contributed by atoms with E-state index in [9.17, 15) is 9.59 Å². The third kappa shape index (κ3) is 4.93. The van der Waals surface area contributed by atoms with Crippen molar-refractivity contribution in [1.82, 2.24) is 10.6 Å². The van der Waals surface area contributed by atoms with Crippen LogP contribution < -0.4 is 15.4 Å². The number of nitrogens with one attached hydrogen (secondary N) is 2. The predicted octanol–water partition coefficient (Wildman–Crippen LogP) is 3.26. The Kier molecular flexibility index (Phi) is 5.95. The van der Waals surface area contributed by atoms with Gasteiger partial charge >= 0.3 is 0 Å². The SMILES string of the molecule is O=C(COc1ccc(CCNC(=O)c2csc3c2CCCC3)cc1)NC1CC1. The van der Waals surface area contributed by atoms with Gasteiger partial charge in [0.15, 0.2) is 6.61 Å². The molecule has 1 aromatic heterocycles. The lowest BCUT2D eigenvalue weighted by Crippen LogP contribution is -2.30. The summed E-state index contributed by atoms with van der Waals surface area (Å²) in [6.07, 6.45) is 7.48. The molecule has 0 spiro atoms. The Labute approximate surface area is 169 Å². The number of rotatable bonds is 8. The minimum Gasteiger partial charge on any atom is -0.484 e. The number of carbonyl (C=O) groups excluding carboxylic acids is 2. The van der Waals surface area contributed by atoms with E-state index in [4.69, 9.17) is 4.74 Å². The fourth-order valence-corrected chi connectivity index (χ4v) is 4.62. The maximum Gasteiger partial charge on any atom is 0.258 e. The molecule has 148 valence electrons. The van der Waals surface area contributed by atoms with Gasteiger partial charge in [0, 0.05) is 22.8 Å². The van der Waals surface area contributed by atoms with Gasteiger partial charge < -0.3 is 15.4 Å². The van der Waals surface area contributed by atoms with Gasteiger partial charge in [-0.05, 0) is 68.2 Å². The molecule has 0 radical (unpaired) electrons. The van der Waals surface area contributed by atoms with Crippen molar-refractivity contribution in [2.24, 2.45) is 0 Å². The molecule has 1 saturated carbocycles. The molecular formula is C22H26N2O3S. The zero-order valence-corrected chi connectivity index (χ0v) is 16.8. The summed E-state index contributed by atoms with van der Waals surface area (Å²) < 4.78 is 5.52. The van der Waals surface area contributed by atoms with E-state index in [1.165, 1.54) is 23.3 Å². The number of hydrogen-bond donors (Lipinski definition) is 2. The third-order valence-electron chi connectivity index (χ3n) is 5.24. The molecule has 28 heavy (non-hydrogen) atoms. The van der Waals surface area contributed by atoms with Crippen molar-refractivity contribution < 1.29 is 14.3 Å². The summed E-state index contributed by atoms with van der Waals surface area (Å²) in [6, 6.07) is 8.06. The smallest absolute Gasteiger partial charge is 0.258 e. The van der Waals surface area contributed by atoms with E-state index in [0.29, 0.717) is 18.3 Å². The Bertz CT molecular complexity index is 840. The summed E-state index contributed by atoms with van der Waals surface area (Å²) in [7, 11) is 0. The number of ether oxygens (including phenoxy) is 1. The van der Waals surface area contributed by atoms with E-state index in [1.54, 1.807) is 11.3 Å². The van der Waals surface area contributed by atoms with Crippen molar-refractivity contribution in [2.75, 3.05) is 13.2 Å². The highest BCUT2D eigenvalue weighted by Gasteiger charge is 2.23. The first kappa shape index (κ1) is 19.0. The van der Waals surface area contributed by atoms with E-state index >= 15 is 0 Å². The maximum atomic E-state index is 12.5. The van der Waals surface area contributed by atoms with Gasteiger partial charge in [0.2, 0.25) is 0 Å². The zero-order chi connectivity index (χ0) is 19.3. The molecule has 1 fully saturated rings. The lowest BCUT2D eigenvalue weighted by Gasteiger charge is -2.13. The van der Waals surface area contributed by atoms with Gasteiger partial charge in [-0.2, -0.15) is 0 Å². The Balaban J connectivity index is 1.21. The van der Waals surface area contributed by atoms with Crippen molar-refractivity contribution in [1.29, 1.82) is 0 Å². The van der Waals surface area contributed by atoms with E-state index in [2.05, 4.69) is 10.6 Å². The van der Waals surface area contributed by atoms with E-state index < -0.39 is 0 Å². The van der Waals surface area contributed by atoms with Gasteiger partial charge in [0.25, 0.3) is 11.8 Å². The second-order valence-corrected chi connectivity index (χ2v) is 8.50. The molecule has 2 aromatic rings. The van der Waals surface area contributed by atoms with Crippen molar-refractivity contribution >= 4 is 23.2 Å². The molecule has 0 aliphatic heterocycles. The number of aryl methyl sites for hydroxylation is 1. The normalized spacial score (nSPS) is 15.6. The van der Waals surface area contributed by atoms with Crippen LogP contribution in [0.3, 0.4) is 0 Å². The van der Waals surface area contributed by atoms with Crippen LogP contribution in [0.1, 0.15) is 52.0 Å². The monoisotopic (exact) mass is 398 g/mol. The number of fused-ring (bicyclic) bond motifs is 1. The lowest BCUT2D eigenvalue weighted by molar-refractivity contribution is -0.123. The van der Waals surface area contributed by atoms with Crippen LogP contribution in [0.4, 0.5) is 0 Å². The van der Waals surface area contributed by atoms with Crippen LogP contribution in [-0.4, -0.2) is 31.0 Å². The number of amides is 2. The Hall–Kier alpha value is -2.34. The van der Waals surface area contributed by atoms with Gasteiger partial charge in [-0.15, -0.1) is 11.3 Å². The molecule has 4 rings (SSSR count). The largest absolute Gasteiger partial charge is 0.484 e. The molecule has 2 N–H and O–H groups in total. The summed E-state index contributed by atoms with van der Waals surface area (Å²) in [5.41, 5.74) is 3.26. The van der Waals surface area contributed by atoms with E-state index in [-0.39, 0.29) is 18.4 Å². The van der Waals surface area contributed by atoms with Crippen LogP contribution in [0.15, 0.2) is 29.6 Å². The van der Waals surface area contributed by atoms with Crippen LogP contribution in [0, 0.1) is 0 Å². The molecule has 2 amide bonds. The molecule has 2 aliphatic carbocycles. The maximum absolute atomic E-state index is 12.5. The molecule has 0 saturated heterocycles. The van der Waals surface area contributed by atoms with Gasteiger partial charge in [0.1, 0.15) is 5.75 Å². The molecule has 0 bridgehead atoms. The van der Waals surface area contributed by atoms with Crippen LogP contribution in [0.25, 0.3) is 0 Å². The van der Waals surface area contributed by atoms with Gasteiger partial charge in [-0.3, -0.25) is 9.59 Å². The average molecular weight is 399 g/mol. The molecular weight excluding hydrogens is 372 g/mol. The molecule has 5 nitrogen and oxygen atoms in total. The lowest BCUT2D eigenvalue weighted by atomic mass is 9.95. The Morgan fingerprint density at radius 1 is 1.11 bits per heavy atom. The van der Waals surface area contributed by atoms with Crippen molar-refractivity contribution in [3.8, 4) is 5.75 Å². The number of benzene rings is 1. The molecule has 1 aromatic carbocycles. The quantitative estimate of drug-likeness (QED) is 0.717. The van der Waals surface area contributed by atoms with E-state index in [1.807, 2.05) is 29.6 Å². The summed E-state index contributed by atoms with van der Waals surface area (Å²) in [5, 5.41) is 7.96. The van der Waals surface area contributed by atoms with Crippen molar-refractivity contribution in [3.63, 3.8) is 0 Å². The first-order valence-corrected chi connectivity index (χ1v) is 11.0. The Morgan fingerprint density at radius 2 is 1.89 bits per heavy atom. The van der Waals surface area contributed by atoms with Gasteiger partial charge in [0.05, 0.1) is 5.56 Å². The highest BCUT2D eigenvalue weighted by molar-refractivity contribution is 7.10. The number of hydrogen-bond acceptors (Lipinski definition) is 4. The fourth-order valence-electron chi connectivity index (χ4n) is 3.50. The number of thiophene rings is 1. The van der Waals surface area contributed by atoms with Crippen LogP contribution >= 0.6 is 11.3 Å². The minimum absolute atomic E-state index is 0.0426. The topological polar surface area (TPSA) is 67.4 Å². The predicted molar refractivity (Wildman–Crippen MR) is 110 cm³/mol. The summed E-state index contributed by atoms with van der Waals surface area (Å²) in [5.74, 6) is 0.662. The third-order valence-corrected chi connectivity index (χ3v) is 6.33. The average Bonchev–Trinajstić information content (AvgIpc) is 3.42. The van der Waals surface area contributed by atoms with Crippen molar-refractivity contribution in [2.45, 2.75) is 51.0 Å². The fraction of sp³-hybridized carbons (Fsp3) is 0.455. The van der Waals surface area contributed by atoms with Gasteiger partial charge in [-0.1, -0.05) is 12.1 Å². The van der Waals surface area contributed by atoms with Crippen LogP contribution in [0.2, 0.25) is 0 Å². The molecule has 1 heterocycles. The summed E-state index contributed by atoms with van der Waals surface area (Å²) >= 11 is 1.72. The molecule has 6 heteroatoms. The minimum atomic E-state index is -0.0649. The Morgan fingerprint density at radius 3 is 2.68 bits per heavy atom. The molecule has 0 atom stereocenters. The first-order chi connectivity index (χ1) is 13.7. The molecule has 2 aliphatic rings. The molecule has 0 unspecified atom stereocenters. The second-order valence-electron chi connectivity index (χ2n) is 7.54. The number of carbonyl (C=O) groups is 2. The highest BCUT2D eigenvalue weighted by Crippen LogP contribution is 2.30.